The normalized spacial score (nSPS) is 25.4. The first-order valence-corrected chi connectivity index (χ1v) is 14.0. The molecule has 1 aromatic carbocycles. The fourth-order valence-electron chi connectivity index (χ4n) is 5.25. The lowest BCUT2D eigenvalue weighted by atomic mass is 10.0. The summed E-state index contributed by atoms with van der Waals surface area (Å²) in [5, 5.41) is 8.51. The van der Waals surface area contributed by atoms with Gasteiger partial charge in [0.1, 0.15) is 36.7 Å². The number of oxazole rings is 2. The number of aromatic nitrogens is 2. The van der Waals surface area contributed by atoms with E-state index in [4.69, 9.17) is 14.6 Å². The van der Waals surface area contributed by atoms with Crippen molar-refractivity contribution in [3.05, 3.63) is 71.6 Å². The Balaban J connectivity index is 1.52. The standard InChI is InChI=1S/C29H35N7O6/c1-15(2)9-19-24(37)31-16(3)27-35-22(14-41-27)29(40)36-12-18(30)11-23(36)26(39)33-20(10-17-7-5-4-6-8-17)28-34-21(13-42-28)25(38)32-19/h4-8,13-16,18-20,23H,9-12,30H2,1-3H3,(H,31,37)(H,32,38)(H,33,39)/t16-,18+,19-,20+,23+/m1/s1. The van der Waals surface area contributed by atoms with Crippen molar-refractivity contribution < 1.29 is 28.0 Å². The molecule has 0 radical (unpaired) electrons. The van der Waals surface area contributed by atoms with E-state index in [1.807, 2.05) is 44.2 Å². The Morgan fingerprint density at radius 2 is 1.62 bits per heavy atom. The highest BCUT2D eigenvalue weighted by atomic mass is 16.3. The number of carbonyl (C=O) groups excluding carboxylic acids is 4. The number of benzene rings is 1. The average Bonchev–Trinajstić information content (AvgIpc) is 3.72. The van der Waals surface area contributed by atoms with Crippen molar-refractivity contribution in [1.29, 1.82) is 0 Å². The summed E-state index contributed by atoms with van der Waals surface area (Å²) in [4.78, 5) is 63.7. The Bertz CT molecular complexity index is 1450. The van der Waals surface area contributed by atoms with Gasteiger partial charge in [-0.3, -0.25) is 19.2 Å². The second-order valence-electron chi connectivity index (χ2n) is 11.2. The van der Waals surface area contributed by atoms with Crippen LogP contribution in [0.5, 0.6) is 0 Å². The largest absolute Gasteiger partial charge is 0.446 e. The molecule has 5 atom stereocenters. The molecule has 13 heteroatoms. The SMILES string of the molecule is CC(C)C[C@H]1NC(=O)c2coc(n2)[C@H](Cc2ccccc2)NC(=O)[C@@H]2C[C@H](N)CN2C(=O)c2coc(n2)[C@@H](C)NC1=O. The Morgan fingerprint density at radius 3 is 2.36 bits per heavy atom. The van der Waals surface area contributed by atoms with Crippen LogP contribution in [-0.4, -0.2) is 63.2 Å². The van der Waals surface area contributed by atoms with E-state index >= 15 is 0 Å². The van der Waals surface area contributed by atoms with Gasteiger partial charge in [0.2, 0.25) is 23.6 Å². The molecule has 2 aliphatic rings. The van der Waals surface area contributed by atoms with E-state index in [1.165, 1.54) is 17.4 Å². The highest BCUT2D eigenvalue weighted by molar-refractivity contribution is 5.97. The number of fused-ring (bicyclic) bond motifs is 5. The summed E-state index contributed by atoms with van der Waals surface area (Å²) in [5.41, 5.74) is 7.04. The molecule has 2 aliphatic heterocycles. The van der Waals surface area contributed by atoms with Gasteiger partial charge in [-0.1, -0.05) is 44.2 Å². The van der Waals surface area contributed by atoms with Gasteiger partial charge >= 0.3 is 0 Å². The number of amides is 4. The molecule has 4 bridgehead atoms. The molecule has 42 heavy (non-hydrogen) atoms. The number of hydrogen-bond donors (Lipinski definition) is 4. The maximum atomic E-state index is 13.7. The molecule has 2 aromatic heterocycles. The van der Waals surface area contributed by atoms with Crippen molar-refractivity contribution in [2.45, 2.75) is 70.2 Å². The van der Waals surface area contributed by atoms with Crippen molar-refractivity contribution in [2.24, 2.45) is 11.7 Å². The predicted octanol–water partition coefficient (Wildman–Crippen LogP) is 1.64. The van der Waals surface area contributed by atoms with Crippen LogP contribution in [0.2, 0.25) is 0 Å². The molecule has 4 heterocycles. The van der Waals surface area contributed by atoms with Gasteiger partial charge in [-0.25, -0.2) is 9.97 Å². The molecule has 0 aliphatic carbocycles. The molecule has 4 amide bonds. The summed E-state index contributed by atoms with van der Waals surface area (Å²) < 4.78 is 11.2. The third-order valence-corrected chi connectivity index (χ3v) is 7.35. The summed E-state index contributed by atoms with van der Waals surface area (Å²) in [6.07, 6.45) is 3.30. The van der Waals surface area contributed by atoms with Gasteiger partial charge in [0.25, 0.3) is 11.8 Å². The Kier molecular flexibility index (Phi) is 8.39. The fourth-order valence-corrected chi connectivity index (χ4v) is 5.25. The van der Waals surface area contributed by atoms with E-state index in [-0.39, 0.29) is 42.1 Å². The van der Waals surface area contributed by atoms with Gasteiger partial charge < -0.3 is 35.4 Å². The van der Waals surface area contributed by atoms with E-state index in [9.17, 15) is 19.2 Å². The molecule has 13 nitrogen and oxygen atoms in total. The van der Waals surface area contributed by atoms with Gasteiger partial charge in [-0.05, 0) is 31.2 Å². The van der Waals surface area contributed by atoms with Crippen LogP contribution in [0.4, 0.5) is 0 Å². The van der Waals surface area contributed by atoms with Crippen molar-refractivity contribution in [2.75, 3.05) is 6.54 Å². The molecule has 0 unspecified atom stereocenters. The number of rotatable bonds is 4. The third-order valence-electron chi connectivity index (χ3n) is 7.35. The highest BCUT2D eigenvalue weighted by Gasteiger charge is 2.41. The van der Waals surface area contributed by atoms with Gasteiger partial charge in [0.15, 0.2) is 11.4 Å². The summed E-state index contributed by atoms with van der Waals surface area (Å²) >= 11 is 0. The molecule has 1 fully saturated rings. The number of hydrogen-bond acceptors (Lipinski definition) is 9. The minimum Gasteiger partial charge on any atom is -0.446 e. The Morgan fingerprint density at radius 1 is 0.929 bits per heavy atom. The summed E-state index contributed by atoms with van der Waals surface area (Å²) in [7, 11) is 0. The lowest BCUT2D eigenvalue weighted by Gasteiger charge is -2.25. The van der Waals surface area contributed by atoms with Crippen LogP contribution in [0.1, 0.15) is 84.0 Å². The summed E-state index contributed by atoms with van der Waals surface area (Å²) in [6.45, 7) is 5.67. The Hall–Kier alpha value is -4.52. The quantitative estimate of drug-likeness (QED) is 0.358. The second-order valence-corrected chi connectivity index (χ2v) is 11.2. The fraction of sp³-hybridized carbons (Fsp3) is 0.448. The van der Waals surface area contributed by atoms with Crippen molar-refractivity contribution in [3.63, 3.8) is 0 Å². The van der Waals surface area contributed by atoms with E-state index in [0.29, 0.717) is 12.8 Å². The minimum atomic E-state index is -0.887. The zero-order valence-corrected chi connectivity index (χ0v) is 23.7. The predicted molar refractivity (Wildman–Crippen MR) is 149 cm³/mol. The molecular weight excluding hydrogens is 542 g/mol. The van der Waals surface area contributed by atoms with Crippen LogP contribution in [0.3, 0.4) is 0 Å². The topological polar surface area (TPSA) is 186 Å². The van der Waals surface area contributed by atoms with Crippen molar-refractivity contribution >= 4 is 23.6 Å². The maximum Gasteiger partial charge on any atom is 0.276 e. The van der Waals surface area contributed by atoms with Gasteiger partial charge in [0.05, 0.1) is 0 Å². The zero-order valence-electron chi connectivity index (χ0n) is 23.7. The summed E-state index contributed by atoms with van der Waals surface area (Å²) in [6, 6.07) is 5.75. The van der Waals surface area contributed by atoms with Crippen LogP contribution in [0, 0.1) is 5.92 Å². The van der Waals surface area contributed by atoms with E-state index in [2.05, 4.69) is 25.9 Å². The first-order chi connectivity index (χ1) is 20.1. The first kappa shape index (κ1) is 29.0. The molecule has 1 saturated heterocycles. The summed E-state index contributed by atoms with van der Waals surface area (Å²) in [5.74, 6) is -1.70. The van der Waals surface area contributed by atoms with E-state index < -0.39 is 53.8 Å². The Labute approximate surface area is 242 Å². The number of nitrogens with two attached hydrogens (primary N) is 1. The molecule has 3 aromatic rings. The zero-order chi connectivity index (χ0) is 30.0. The lowest BCUT2D eigenvalue weighted by molar-refractivity contribution is -0.126. The highest BCUT2D eigenvalue weighted by Crippen LogP contribution is 2.24. The number of nitrogens with one attached hydrogen (secondary N) is 3. The second kappa shape index (κ2) is 12.1. The van der Waals surface area contributed by atoms with Crippen LogP contribution in [0.15, 0.2) is 51.7 Å². The lowest BCUT2D eigenvalue weighted by Crippen LogP contribution is -2.48. The maximum absolute atomic E-state index is 13.7. The van der Waals surface area contributed by atoms with Gasteiger partial charge in [-0.15, -0.1) is 0 Å². The van der Waals surface area contributed by atoms with Crippen LogP contribution < -0.4 is 21.7 Å². The first-order valence-electron chi connectivity index (χ1n) is 14.0. The number of carbonyl (C=O) groups is 4. The van der Waals surface area contributed by atoms with Crippen LogP contribution in [0.25, 0.3) is 0 Å². The molecule has 0 spiro atoms. The van der Waals surface area contributed by atoms with E-state index in [1.54, 1.807) is 6.92 Å². The molecule has 5 rings (SSSR count). The average molecular weight is 578 g/mol. The van der Waals surface area contributed by atoms with Crippen LogP contribution >= 0.6 is 0 Å². The molecular formula is C29H35N7O6. The minimum absolute atomic E-state index is 0.00988. The van der Waals surface area contributed by atoms with Crippen molar-refractivity contribution in [1.82, 2.24) is 30.8 Å². The van der Waals surface area contributed by atoms with Crippen LogP contribution in [-0.2, 0) is 16.0 Å². The monoisotopic (exact) mass is 577 g/mol. The van der Waals surface area contributed by atoms with Gasteiger partial charge in [-0.2, -0.15) is 0 Å². The number of nitrogens with zero attached hydrogens (tertiary/aromatic N) is 3. The smallest absolute Gasteiger partial charge is 0.276 e. The van der Waals surface area contributed by atoms with E-state index in [0.717, 1.165) is 5.56 Å². The van der Waals surface area contributed by atoms with Crippen molar-refractivity contribution in [3.8, 4) is 0 Å². The van der Waals surface area contributed by atoms with Gasteiger partial charge in [0, 0.05) is 19.0 Å². The third kappa shape index (κ3) is 6.35. The molecule has 5 N–H and O–H groups in total. The molecule has 0 saturated carbocycles. The molecule has 222 valence electrons.